The van der Waals surface area contributed by atoms with Crippen molar-refractivity contribution in [2.45, 2.75) is 64.0 Å². The molecule has 0 aromatic rings. The summed E-state index contributed by atoms with van der Waals surface area (Å²) >= 11 is 0. The third kappa shape index (κ3) is 4.77. The molecule has 0 bridgehead atoms. The summed E-state index contributed by atoms with van der Waals surface area (Å²) in [4.78, 5) is 13.5. The minimum Gasteiger partial charge on any atom is -0.481 e. The van der Waals surface area contributed by atoms with Crippen molar-refractivity contribution in [3.63, 3.8) is 0 Å². The molecule has 4 nitrogen and oxygen atoms in total. The minimum atomic E-state index is -0.687. The fourth-order valence-corrected chi connectivity index (χ4v) is 3.52. The molecule has 2 atom stereocenters. The Balaban J connectivity index is 1.97. The van der Waals surface area contributed by atoms with E-state index < -0.39 is 5.97 Å². The van der Waals surface area contributed by atoms with Crippen LogP contribution in [-0.2, 0) is 4.79 Å². The molecular formula is C15H28N2O2. The Morgan fingerprint density at radius 3 is 2.53 bits per heavy atom. The number of carboxylic acid groups (broad SMARTS) is 1. The third-order valence-electron chi connectivity index (χ3n) is 4.52. The summed E-state index contributed by atoms with van der Waals surface area (Å²) in [7, 11) is 0. The van der Waals surface area contributed by atoms with Gasteiger partial charge in [-0.3, -0.25) is 9.69 Å². The molecule has 1 heterocycles. The van der Waals surface area contributed by atoms with Crippen LogP contribution >= 0.6 is 0 Å². The first-order valence-electron chi connectivity index (χ1n) is 7.84. The van der Waals surface area contributed by atoms with Gasteiger partial charge in [0.15, 0.2) is 0 Å². The molecular weight excluding hydrogens is 240 g/mol. The van der Waals surface area contributed by atoms with Crippen LogP contribution in [0.3, 0.4) is 0 Å². The summed E-state index contributed by atoms with van der Waals surface area (Å²) < 4.78 is 0. The van der Waals surface area contributed by atoms with Crippen molar-refractivity contribution in [2.75, 3.05) is 19.6 Å². The molecule has 2 unspecified atom stereocenters. The van der Waals surface area contributed by atoms with Gasteiger partial charge in [-0.05, 0) is 25.3 Å². The highest BCUT2D eigenvalue weighted by Gasteiger charge is 2.28. The zero-order valence-electron chi connectivity index (χ0n) is 12.1. The summed E-state index contributed by atoms with van der Waals surface area (Å²) in [6.45, 7) is 5.23. The van der Waals surface area contributed by atoms with E-state index in [-0.39, 0.29) is 12.5 Å². The summed E-state index contributed by atoms with van der Waals surface area (Å²) in [5.41, 5.74) is 0. The fraction of sp³-hybridized carbons (Fsp3) is 0.933. The first-order valence-corrected chi connectivity index (χ1v) is 7.84. The molecule has 1 saturated carbocycles. The van der Waals surface area contributed by atoms with Crippen molar-refractivity contribution in [3.05, 3.63) is 0 Å². The molecule has 0 aromatic carbocycles. The molecule has 1 saturated heterocycles. The van der Waals surface area contributed by atoms with E-state index in [0.29, 0.717) is 12.0 Å². The van der Waals surface area contributed by atoms with Crippen molar-refractivity contribution >= 4 is 5.97 Å². The highest BCUT2D eigenvalue weighted by atomic mass is 16.4. The van der Waals surface area contributed by atoms with Gasteiger partial charge >= 0.3 is 5.97 Å². The molecule has 2 rings (SSSR count). The van der Waals surface area contributed by atoms with Crippen molar-refractivity contribution in [1.29, 1.82) is 0 Å². The topological polar surface area (TPSA) is 52.6 Å². The van der Waals surface area contributed by atoms with Gasteiger partial charge in [-0.15, -0.1) is 0 Å². The predicted octanol–water partition coefficient (Wildman–Crippen LogP) is 2.09. The largest absolute Gasteiger partial charge is 0.481 e. The van der Waals surface area contributed by atoms with Crippen molar-refractivity contribution in [2.24, 2.45) is 5.92 Å². The number of hydrogen-bond acceptors (Lipinski definition) is 3. The van der Waals surface area contributed by atoms with Crippen LogP contribution in [0.2, 0.25) is 0 Å². The van der Waals surface area contributed by atoms with Crippen LogP contribution in [-0.4, -0.2) is 47.7 Å². The number of nitrogens with one attached hydrogen (secondary N) is 1. The highest BCUT2D eigenvalue weighted by molar-refractivity contribution is 5.67. The van der Waals surface area contributed by atoms with Crippen LogP contribution in [0.1, 0.15) is 51.9 Å². The lowest BCUT2D eigenvalue weighted by atomic mass is 10.0. The average Bonchev–Trinajstić information content (AvgIpc) is 2.70. The first kappa shape index (κ1) is 14.8. The lowest BCUT2D eigenvalue weighted by Gasteiger charge is -2.32. The van der Waals surface area contributed by atoms with Gasteiger partial charge in [0.2, 0.25) is 0 Å². The van der Waals surface area contributed by atoms with E-state index >= 15 is 0 Å². The molecule has 1 aliphatic carbocycles. The second-order valence-corrected chi connectivity index (χ2v) is 6.41. The van der Waals surface area contributed by atoms with E-state index in [0.717, 1.165) is 19.6 Å². The number of hydrogen-bond donors (Lipinski definition) is 2. The Bertz CT molecular complexity index is 288. The molecule has 2 aliphatic rings. The molecule has 1 aliphatic heterocycles. The summed E-state index contributed by atoms with van der Waals surface area (Å²) in [6.07, 6.45) is 8.27. The van der Waals surface area contributed by atoms with Gasteiger partial charge < -0.3 is 10.4 Å². The van der Waals surface area contributed by atoms with Gasteiger partial charge in [0.05, 0.1) is 6.42 Å². The Morgan fingerprint density at radius 1 is 1.21 bits per heavy atom. The Kier molecular flexibility index (Phi) is 5.64. The maximum absolute atomic E-state index is 10.9. The van der Waals surface area contributed by atoms with Gasteiger partial charge in [-0.1, -0.05) is 32.6 Å². The van der Waals surface area contributed by atoms with Gasteiger partial charge in [0, 0.05) is 25.2 Å². The number of carboxylic acids is 1. The molecule has 4 heteroatoms. The van der Waals surface area contributed by atoms with Gasteiger partial charge in [-0.2, -0.15) is 0 Å². The second kappa shape index (κ2) is 7.25. The number of aliphatic carboxylic acids is 1. The lowest BCUT2D eigenvalue weighted by molar-refractivity contribution is -0.137. The van der Waals surface area contributed by atoms with E-state index in [1.54, 1.807) is 0 Å². The van der Waals surface area contributed by atoms with Crippen LogP contribution < -0.4 is 5.32 Å². The number of carbonyl (C=O) groups is 1. The number of nitrogens with zero attached hydrogens (tertiary/aromatic N) is 1. The first-order chi connectivity index (χ1) is 9.15. The SMILES string of the molecule is CC1CNC(CC(=O)O)CN(C2CCCCCC2)C1. The quantitative estimate of drug-likeness (QED) is 0.770. The smallest absolute Gasteiger partial charge is 0.304 e. The predicted molar refractivity (Wildman–Crippen MR) is 76.3 cm³/mol. The molecule has 0 radical (unpaired) electrons. The summed E-state index contributed by atoms with van der Waals surface area (Å²) in [5.74, 6) is -0.0742. The highest BCUT2D eigenvalue weighted by Crippen LogP contribution is 2.24. The zero-order chi connectivity index (χ0) is 13.7. The van der Waals surface area contributed by atoms with E-state index in [4.69, 9.17) is 5.11 Å². The van der Waals surface area contributed by atoms with Crippen LogP contribution in [0.25, 0.3) is 0 Å². The second-order valence-electron chi connectivity index (χ2n) is 6.41. The van der Waals surface area contributed by atoms with E-state index in [1.165, 1.54) is 38.5 Å². The zero-order valence-corrected chi connectivity index (χ0v) is 12.1. The molecule has 2 N–H and O–H groups in total. The Labute approximate surface area is 116 Å². The van der Waals surface area contributed by atoms with E-state index in [1.807, 2.05) is 0 Å². The molecule has 19 heavy (non-hydrogen) atoms. The standard InChI is InChI=1S/C15H28N2O2/c1-12-9-16-13(8-15(18)19)11-17(10-12)14-6-4-2-3-5-7-14/h12-14,16H,2-11H2,1H3,(H,18,19). The Hall–Kier alpha value is -0.610. The van der Waals surface area contributed by atoms with Gasteiger partial charge in [0.25, 0.3) is 0 Å². The maximum Gasteiger partial charge on any atom is 0.304 e. The molecule has 2 fully saturated rings. The van der Waals surface area contributed by atoms with Crippen LogP contribution in [0.15, 0.2) is 0 Å². The summed E-state index contributed by atoms with van der Waals surface area (Å²) in [6, 6.07) is 0.798. The average molecular weight is 268 g/mol. The van der Waals surface area contributed by atoms with E-state index in [9.17, 15) is 4.79 Å². The summed E-state index contributed by atoms with van der Waals surface area (Å²) in [5, 5.41) is 12.4. The number of rotatable bonds is 3. The lowest BCUT2D eigenvalue weighted by Crippen LogP contribution is -2.43. The normalized spacial score (nSPS) is 31.6. The third-order valence-corrected chi connectivity index (χ3v) is 4.52. The molecule has 0 aromatic heterocycles. The Morgan fingerprint density at radius 2 is 1.89 bits per heavy atom. The van der Waals surface area contributed by atoms with Crippen molar-refractivity contribution in [3.8, 4) is 0 Å². The fourth-order valence-electron chi connectivity index (χ4n) is 3.52. The van der Waals surface area contributed by atoms with Gasteiger partial charge in [0.1, 0.15) is 0 Å². The molecule has 110 valence electrons. The van der Waals surface area contributed by atoms with Crippen LogP contribution in [0.5, 0.6) is 0 Å². The van der Waals surface area contributed by atoms with Crippen LogP contribution in [0, 0.1) is 5.92 Å². The monoisotopic (exact) mass is 268 g/mol. The maximum atomic E-state index is 10.9. The van der Waals surface area contributed by atoms with Gasteiger partial charge in [-0.25, -0.2) is 0 Å². The van der Waals surface area contributed by atoms with Crippen LogP contribution in [0.4, 0.5) is 0 Å². The molecule has 0 spiro atoms. The van der Waals surface area contributed by atoms with E-state index in [2.05, 4.69) is 17.1 Å². The van der Waals surface area contributed by atoms with Crippen molar-refractivity contribution < 1.29 is 9.90 Å². The minimum absolute atomic E-state index is 0.116. The molecule has 0 amide bonds. The van der Waals surface area contributed by atoms with Crippen molar-refractivity contribution in [1.82, 2.24) is 10.2 Å².